The van der Waals surface area contributed by atoms with Crippen molar-refractivity contribution in [2.24, 2.45) is 0 Å². The van der Waals surface area contributed by atoms with Crippen LogP contribution < -0.4 is 4.90 Å². The zero-order valence-corrected chi connectivity index (χ0v) is 17.8. The molecule has 2 atom stereocenters. The van der Waals surface area contributed by atoms with Gasteiger partial charge in [0.2, 0.25) is 0 Å². The third-order valence-corrected chi connectivity index (χ3v) is 6.08. The van der Waals surface area contributed by atoms with E-state index in [0.717, 1.165) is 22.4 Å². The van der Waals surface area contributed by atoms with Gasteiger partial charge in [-0.1, -0.05) is 48.0 Å². The van der Waals surface area contributed by atoms with Crippen molar-refractivity contribution in [2.75, 3.05) is 18.0 Å². The van der Waals surface area contributed by atoms with Crippen molar-refractivity contribution in [2.45, 2.75) is 38.0 Å². The van der Waals surface area contributed by atoms with Crippen molar-refractivity contribution in [3.63, 3.8) is 0 Å². The number of aryl methyl sites for hydroxylation is 2. The molecule has 1 aromatic heterocycles. The lowest BCUT2D eigenvalue weighted by molar-refractivity contribution is -0.200. The number of nitrogens with zero attached hydrogens (tertiary/aromatic N) is 2. The summed E-state index contributed by atoms with van der Waals surface area (Å²) < 4.78 is 54.5. The van der Waals surface area contributed by atoms with Gasteiger partial charge in [0.05, 0.1) is 12.2 Å². The van der Waals surface area contributed by atoms with Crippen LogP contribution in [0.5, 0.6) is 0 Å². The molecule has 0 bridgehead atoms. The number of alkyl halides is 3. The molecule has 0 spiro atoms. The van der Waals surface area contributed by atoms with Crippen molar-refractivity contribution >= 4 is 5.69 Å². The summed E-state index contributed by atoms with van der Waals surface area (Å²) in [7, 11) is 0. The molecule has 168 valence electrons. The van der Waals surface area contributed by atoms with Crippen molar-refractivity contribution in [1.82, 2.24) is 4.98 Å². The Morgan fingerprint density at radius 2 is 1.81 bits per heavy atom. The first-order valence-corrected chi connectivity index (χ1v) is 10.4. The highest BCUT2D eigenvalue weighted by atomic mass is 19.4. The van der Waals surface area contributed by atoms with Crippen LogP contribution in [0, 0.1) is 19.7 Å². The Labute approximate surface area is 184 Å². The zero-order valence-electron chi connectivity index (χ0n) is 17.8. The number of rotatable bonds is 5. The number of aliphatic hydroxyl groups excluding tert-OH is 1. The fraction of sp³-hybridized carbons (Fsp3) is 0.320. The van der Waals surface area contributed by atoms with Crippen LogP contribution in [0.3, 0.4) is 0 Å². The SMILES string of the molecule is Cc1ccc(CC2(c3cccc(C)c3)CN(C[C@@H](O)C(F)(F)F)c3c(F)cccc32)nc1. The Balaban J connectivity index is 1.87. The molecule has 0 saturated heterocycles. The third-order valence-electron chi connectivity index (χ3n) is 6.08. The van der Waals surface area contributed by atoms with Crippen LogP contribution in [0.1, 0.15) is 27.9 Å². The van der Waals surface area contributed by atoms with Gasteiger partial charge in [0.1, 0.15) is 5.82 Å². The second kappa shape index (κ2) is 8.20. The summed E-state index contributed by atoms with van der Waals surface area (Å²) in [6.45, 7) is 3.21. The second-order valence-electron chi connectivity index (χ2n) is 8.53. The van der Waals surface area contributed by atoms with Crippen molar-refractivity contribution < 1.29 is 22.7 Å². The predicted molar refractivity (Wildman–Crippen MR) is 115 cm³/mol. The number of para-hydroxylation sites is 1. The van der Waals surface area contributed by atoms with Crippen LogP contribution >= 0.6 is 0 Å². The maximum Gasteiger partial charge on any atom is 0.416 e. The van der Waals surface area contributed by atoms with Crippen LogP contribution in [0.15, 0.2) is 60.8 Å². The van der Waals surface area contributed by atoms with Gasteiger partial charge in [-0.25, -0.2) is 4.39 Å². The smallest absolute Gasteiger partial charge is 0.382 e. The molecule has 0 aliphatic carbocycles. The third kappa shape index (κ3) is 4.09. The molecule has 0 fully saturated rings. The minimum Gasteiger partial charge on any atom is -0.382 e. The lowest BCUT2D eigenvalue weighted by atomic mass is 9.72. The minimum atomic E-state index is -4.79. The molecule has 4 rings (SSSR count). The van der Waals surface area contributed by atoms with E-state index < -0.39 is 30.1 Å². The summed E-state index contributed by atoms with van der Waals surface area (Å²) in [4.78, 5) is 5.83. The van der Waals surface area contributed by atoms with Gasteiger partial charge in [0.25, 0.3) is 0 Å². The molecule has 0 radical (unpaired) electrons. The molecular formula is C25H24F4N2O. The Morgan fingerprint density at radius 1 is 1.06 bits per heavy atom. The van der Waals surface area contributed by atoms with Crippen LogP contribution in [-0.2, 0) is 11.8 Å². The largest absolute Gasteiger partial charge is 0.416 e. The highest BCUT2D eigenvalue weighted by Gasteiger charge is 2.48. The van der Waals surface area contributed by atoms with Crippen LogP contribution in [-0.4, -0.2) is 35.5 Å². The van der Waals surface area contributed by atoms with Gasteiger partial charge in [-0.3, -0.25) is 4.98 Å². The summed E-state index contributed by atoms with van der Waals surface area (Å²) in [5.41, 5.74) is 3.49. The minimum absolute atomic E-state index is 0.0927. The molecule has 32 heavy (non-hydrogen) atoms. The monoisotopic (exact) mass is 444 g/mol. The Bertz CT molecular complexity index is 1110. The van der Waals surface area contributed by atoms with Gasteiger partial charge in [0.15, 0.2) is 6.10 Å². The number of aliphatic hydroxyl groups is 1. The molecular weight excluding hydrogens is 420 g/mol. The van der Waals surface area contributed by atoms with Crippen molar-refractivity contribution in [1.29, 1.82) is 0 Å². The van der Waals surface area contributed by atoms with E-state index in [2.05, 4.69) is 4.98 Å². The predicted octanol–water partition coefficient (Wildman–Crippen LogP) is 5.11. The number of pyridine rings is 1. The Hall–Kier alpha value is -2.93. The first-order valence-electron chi connectivity index (χ1n) is 10.4. The maximum absolute atomic E-state index is 15.0. The molecule has 3 nitrogen and oxygen atoms in total. The highest BCUT2D eigenvalue weighted by Crippen LogP contribution is 2.48. The van der Waals surface area contributed by atoms with E-state index in [0.29, 0.717) is 12.0 Å². The quantitative estimate of drug-likeness (QED) is 0.556. The zero-order chi connectivity index (χ0) is 23.1. The van der Waals surface area contributed by atoms with E-state index in [9.17, 15) is 22.7 Å². The lowest BCUT2D eigenvalue weighted by Crippen LogP contribution is -2.44. The summed E-state index contributed by atoms with van der Waals surface area (Å²) in [5.74, 6) is -0.608. The van der Waals surface area contributed by atoms with Crippen molar-refractivity contribution in [3.8, 4) is 0 Å². The number of fused-ring (bicyclic) bond motifs is 1. The number of β-amino-alcohol motifs (C(OH)–C–C–N with tert-alkyl or cyclic N) is 1. The van der Waals surface area contributed by atoms with E-state index in [1.54, 1.807) is 18.3 Å². The van der Waals surface area contributed by atoms with E-state index >= 15 is 0 Å². The molecule has 1 aliphatic rings. The molecule has 3 aromatic rings. The topological polar surface area (TPSA) is 36.4 Å². The average molecular weight is 444 g/mol. The van der Waals surface area contributed by atoms with Gasteiger partial charge < -0.3 is 10.0 Å². The number of aromatic nitrogens is 1. The molecule has 7 heteroatoms. The van der Waals surface area contributed by atoms with Gasteiger partial charge in [-0.15, -0.1) is 0 Å². The number of halogens is 4. The normalized spacial score (nSPS) is 19.2. The average Bonchev–Trinajstić information content (AvgIpc) is 3.04. The van der Waals surface area contributed by atoms with E-state index in [1.807, 2.05) is 50.2 Å². The molecule has 1 aliphatic heterocycles. The van der Waals surface area contributed by atoms with Crippen LogP contribution in [0.4, 0.5) is 23.2 Å². The van der Waals surface area contributed by atoms with Gasteiger partial charge in [-0.2, -0.15) is 13.2 Å². The summed E-state index contributed by atoms with van der Waals surface area (Å²) in [6, 6.07) is 16.1. The summed E-state index contributed by atoms with van der Waals surface area (Å²) >= 11 is 0. The fourth-order valence-electron chi connectivity index (χ4n) is 4.54. The van der Waals surface area contributed by atoms with Gasteiger partial charge >= 0.3 is 6.18 Å². The van der Waals surface area contributed by atoms with E-state index in [1.165, 1.54) is 11.0 Å². The Kier molecular flexibility index (Phi) is 5.71. The molecule has 0 amide bonds. The van der Waals surface area contributed by atoms with Crippen molar-refractivity contribution in [3.05, 3.63) is 94.6 Å². The molecule has 2 heterocycles. The molecule has 0 saturated carbocycles. The summed E-state index contributed by atoms with van der Waals surface area (Å²) in [5, 5.41) is 9.77. The molecule has 1 N–H and O–H groups in total. The number of hydrogen-bond donors (Lipinski definition) is 1. The van der Waals surface area contributed by atoms with Crippen LogP contribution in [0.2, 0.25) is 0 Å². The van der Waals surface area contributed by atoms with E-state index in [4.69, 9.17) is 0 Å². The van der Waals surface area contributed by atoms with Gasteiger partial charge in [0, 0.05) is 30.3 Å². The highest BCUT2D eigenvalue weighted by molar-refractivity contribution is 5.67. The standard InChI is InChI=1S/C25H24F4N2O/c1-16-5-3-6-18(11-16)24(12-19-10-9-17(2)13-30-19)15-31(14-22(32)25(27,28)29)23-20(24)7-4-8-21(23)26/h3-11,13,22,32H,12,14-15H2,1-2H3/t22-,24?/m1/s1. The number of hydrogen-bond acceptors (Lipinski definition) is 3. The number of anilines is 1. The lowest BCUT2D eigenvalue weighted by Gasteiger charge is -2.32. The first-order chi connectivity index (χ1) is 15.1. The fourth-order valence-corrected chi connectivity index (χ4v) is 4.54. The second-order valence-corrected chi connectivity index (χ2v) is 8.53. The maximum atomic E-state index is 15.0. The van der Waals surface area contributed by atoms with Crippen LogP contribution in [0.25, 0.3) is 0 Å². The van der Waals surface area contributed by atoms with E-state index in [-0.39, 0.29) is 12.2 Å². The van der Waals surface area contributed by atoms with Gasteiger partial charge in [-0.05, 0) is 42.7 Å². The number of benzene rings is 2. The molecule has 1 unspecified atom stereocenters. The molecule has 2 aromatic carbocycles. The summed E-state index contributed by atoms with van der Waals surface area (Å²) in [6.07, 6.45) is -5.25. The first kappa shape index (κ1) is 22.3. The Morgan fingerprint density at radius 3 is 2.47 bits per heavy atom.